The maximum Gasteiger partial charge on any atom is 0.519 e. The Bertz CT molecular complexity index is 2100. The summed E-state index contributed by atoms with van der Waals surface area (Å²) in [5.41, 5.74) is 7.66. The molecule has 1 aliphatic carbocycles. The Morgan fingerprint density at radius 1 is 0.638 bits per heavy atom. The number of nitrogens with zero attached hydrogens (tertiary/aromatic N) is 6. The molecule has 0 bridgehead atoms. The average molecular weight is 775 g/mol. The van der Waals surface area contributed by atoms with Gasteiger partial charge in [0.15, 0.2) is 0 Å². The van der Waals surface area contributed by atoms with Crippen molar-refractivity contribution in [1.29, 1.82) is 0 Å². The molecule has 1 saturated carbocycles. The summed E-state index contributed by atoms with van der Waals surface area (Å²) in [5, 5.41) is 0. The highest BCUT2D eigenvalue weighted by atomic mass is 16.5. The summed E-state index contributed by atoms with van der Waals surface area (Å²) in [6.07, 6.45) is 12.3. The summed E-state index contributed by atoms with van der Waals surface area (Å²) in [4.78, 5) is 17.6. The number of unbranched alkanes of at least 4 members (excludes halogenated alkanes) is 1. The molecule has 5 rings (SSSR count). The summed E-state index contributed by atoms with van der Waals surface area (Å²) >= 11 is 0. The molecule has 0 aromatic heterocycles. The number of aryl methyl sites for hydroxylation is 2. The van der Waals surface area contributed by atoms with Crippen molar-refractivity contribution in [1.82, 2.24) is 0 Å². The van der Waals surface area contributed by atoms with E-state index in [1.54, 1.807) is 12.2 Å². The fourth-order valence-corrected chi connectivity index (χ4v) is 7.02. The van der Waals surface area contributed by atoms with Crippen LogP contribution < -0.4 is 19.3 Å². The molecule has 0 saturated heterocycles. The van der Waals surface area contributed by atoms with Crippen molar-refractivity contribution in [2.75, 3.05) is 49.2 Å². The van der Waals surface area contributed by atoms with Crippen molar-refractivity contribution in [3.8, 4) is 11.5 Å². The van der Waals surface area contributed by atoms with Gasteiger partial charge < -0.3 is 19.3 Å². The van der Waals surface area contributed by atoms with Crippen LogP contribution >= 0.6 is 0 Å². The van der Waals surface area contributed by atoms with E-state index in [0.29, 0.717) is 13.2 Å². The van der Waals surface area contributed by atoms with Crippen LogP contribution in [0.25, 0.3) is 31.5 Å². The van der Waals surface area contributed by atoms with Crippen LogP contribution in [-0.2, 0) is 0 Å². The maximum atomic E-state index is 7.05. The third-order valence-electron chi connectivity index (χ3n) is 10.4. The second-order valence-corrected chi connectivity index (χ2v) is 14.4. The van der Waals surface area contributed by atoms with Gasteiger partial charge in [-0.25, -0.2) is 0 Å². The van der Waals surface area contributed by atoms with Gasteiger partial charge in [0, 0.05) is 38.0 Å². The molecule has 0 amide bonds. The molecule has 0 atom stereocenters. The largest absolute Gasteiger partial charge is 0.519 e. The number of rotatable bonds is 17. The number of ether oxygens (including phenoxy) is 2. The van der Waals surface area contributed by atoms with Gasteiger partial charge >= 0.3 is 11.6 Å². The highest BCUT2D eigenvalue weighted by Crippen LogP contribution is 2.33. The van der Waals surface area contributed by atoms with Gasteiger partial charge in [0.2, 0.25) is 0 Å². The van der Waals surface area contributed by atoms with Gasteiger partial charge in [-0.2, -0.15) is 19.4 Å². The minimum atomic E-state index is 0. The molecule has 8 heteroatoms. The standard InChI is InChI=1S/C27H31N3O.C23H25N3O.H2/c1-5-30(25-14-11-24(21(2)19-25)20-27(28-3)29-4)17-18-31-26-15-12-23(13-16-26)22-9-7-6-8-10-22;1-5-6-14-26(15-16-27-22-10-8-7-9-11-22)21-13-12-20(19(2)17-21)18-23(24-3)25-4;/h11-16,19-20,22H,5-10,17-18H2,1-2H3;7-13,17-18H,5-6,14-16H2,1-2H3;1H. The molecule has 1 fully saturated rings. The predicted octanol–water partition coefficient (Wildman–Crippen LogP) is 13.1. The predicted molar refractivity (Wildman–Crippen MR) is 242 cm³/mol. The van der Waals surface area contributed by atoms with Crippen LogP contribution in [0.4, 0.5) is 11.4 Å². The number of benzene rings is 4. The highest BCUT2D eigenvalue weighted by Gasteiger charge is 2.16. The zero-order chi connectivity index (χ0) is 41.5. The molecule has 0 radical (unpaired) electrons. The minimum absolute atomic E-state index is 0. The van der Waals surface area contributed by atoms with Gasteiger partial charge in [-0.3, -0.25) is 0 Å². The molecule has 0 N–H and O–H groups in total. The lowest BCUT2D eigenvalue weighted by molar-refractivity contribution is 0.323. The molecule has 0 spiro atoms. The Morgan fingerprint density at radius 3 is 1.62 bits per heavy atom. The Morgan fingerprint density at radius 2 is 1.14 bits per heavy atom. The van der Waals surface area contributed by atoms with Gasteiger partial charge in [-0.05, 0) is 122 Å². The second-order valence-electron chi connectivity index (χ2n) is 14.4. The molecule has 0 heterocycles. The molecule has 300 valence electrons. The molecule has 58 heavy (non-hydrogen) atoms. The lowest BCUT2D eigenvalue weighted by Gasteiger charge is -2.25. The quantitative estimate of drug-likeness (QED) is 0.100. The summed E-state index contributed by atoms with van der Waals surface area (Å²) in [5.74, 6) is 2.71. The average Bonchev–Trinajstić information content (AvgIpc) is 3.26. The highest BCUT2D eigenvalue weighted by molar-refractivity contribution is 5.64. The van der Waals surface area contributed by atoms with Crippen molar-refractivity contribution in [3.63, 3.8) is 0 Å². The van der Waals surface area contributed by atoms with Crippen LogP contribution in [0.15, 0.2) is 103 Å². The van der Waals surface area contributed by atoms with Gasteiger partial charge in [-0.1, -0.05) is 75.1 Å². The Balaban J connectivity index is 0.000000313. The summed E-state index contributed by atoms with van der Waals surface area (Å²) in [7, 11) is 0. The van der Waals surface area contributed by atoms with E-state index >= 15 is 0 Å². The fraction of sp³-hybridized carbons (Fsp3) is 0.360. The van der Waals surface area contributed by atoms with Crippen LogP contribution in [0.1, 0.15) is 94.0 Å². The van der Waals surface area contributed by atoms with Crippen LogP contribution in [0.2, 0.25) is 0 Å². The monoisotopic (exact) mass is 774 g/mol. The first-order valence-electron chi connectivity index (χ1n) is 20.4. The molecule has 1 aliphatic rings. The lowest BCUT2D eigenvalue weighted by Crippen LogP contribution is -2.29. The zero-order valence-electron chi connectivity index (χ0n) is 34.6. The first kappa shape index (κ1) is 44.2. The number of hydrogen-bond donors (Lipinski definition) is 0. The fourth-order valence-electron chi connectivity index (χ4n) is 7.02. The van der Waals surface area contributed by atoms with E-state index in [1.807, 2.05) is 62.4 Å². The van der Waals surface area contributed by atoms with E-state index in [2.05, 4.69) is 85.5 Å². The Kier molecular flexibility index (Phi) is 18.5. The summed E-state index contributed by atoms with van der Waals surface area (Å²) in [6.45, 7) is 41.2. The normalized spacial score (nSPS) is 11.9. The van der Waals surface area contributed by atoms with Crippen LogP contribution in [0, 0.1) is 40.1 Å². The molecular weight excluding hydrogens is 717 g/mol. The number of likely N-dealkylation sites (N-methyl/N-ethyl adjacent to an activating group) is 1. The topological polar surface area (TPSA) is 42.4 Å². The molecular formula is C50H58N6O2. The molecule has 4 aromatic carbocycles. The second kappa shape index (κ2) is 24.2. The first-order valence-corrected chi connectivity index (χ1v) is 20.4. The van der Waals surface area contributed by atoms with Gasteiger partial charge in [0.1, 0.15) is 51.0 Å². The third-order valence-corrected chi connectivity index (χ3v) is 10.4. The third kappa shape index (κ3) is 13.9. The van der Waals surface area contributed by atoms with E-state index in [-0.39, 0.29) is 13.1 Å². The van der Waals surface area contributed by atoms with Crippen LogP contribution in [0.3, 0.4) is 0 Å². The zero-order valence-corrected chi connectivity index (χ0v) is 34.6. The minimum Gasteiger partial charge on any atom is -0.492 e. The summed E-state index contributed by atoms with van der Waals surface area (Å²) in [6, 6.07) is 30.8. The summed E-state index contributed by atoms with van der Waals surface area (Å²) < 4.78 is 11.9. The first-order chi connectivity index (χ1) is 28.3. The van der Waals surface area contributed by atoms with E-state index in [0.717, 1.165) is 90.1 Å². The smallest absolute Gasteiger partial charge is 0.492 e. The van der Waals surface area contributed by atoms with Gasteiger partial charge in [-0.15, -0.1) is 0 Å². The Hall–Kier alpha value is -6.48. The molecule has 0 aliphatic heterocycles. The van der Waals surface area contributed by atoms with E-state index < -0.39 is 0 Å². The van der Waals surface area contributed by atoms with Crippen molar-refractivity contribution >= 4 is 23.5 Å². The number of hydrogen-bond acceptors (Lipinski definition) is 4. The molecule has 8 nitrogen and oxygen atoms in total. The molecule has 4 aromatic rings. The van der Waals surface area contributed by atoms with Crippen molar-refractivity contribution < 1.29 is 10.9 Å². The van der Waals surface area contributed by atoms with E-state index in [1.165, 1.54) is 37.7 Å². The van der Waals surface area contributed by atoms with E-state index in [9.17, 15) is 0 Å². The molecule has 0 unspecified atom stereocenters. The maximum absolute atomic E-state index is 7.05. The van der Waals surface area contributed by atoms with Gasteiger partial charge in [0.25, 0.3) is 0 Å². The lowest BCUT2D eigenvalue weighted by atomic mass is 9.84. The SMILES string of the molecule is [C-]#[N+]C(=Cc1ccc(N(CC)CCOc2ccc(C3CCCCC3)cc2)cc1C)[N+]#[C-].[C-]#[N+]C(=Cc1ccc(N(CCCC)CCOc2ccccc2)cc1C)[N+]#[C-].[HH]. The van der Waals surface area contributed by atoms with Crippen LogP contribution in [-0.4, -0.2) is 39.4 Å². The van der Waals surface area contributed by atoms with Crippen molar-refractivity contribution in [3.05, 3.63) is 176 Å². The number of para-hydroxylation sites is 1. The van der Waals surface area contributed by atoms with Crippen molar-refractivity contribution in [2.45, 2.75) is 78.6 Å². The van der Waals surface area contributed by atoms with E-state index in [4.69, 9.17) is 35.8 Å². The van der Waals surface area contributed by atoms with Crippen LogP contribution in [0.5, 0.6) is 11.5 Å². The van der Waals surface area contributed by atoms with Gasteiger partial charge in [0.05, 0.1) is 13.1 Å². The Labute approximate surface area is 348 Å². The van der Waals surface area contributed by atoms with Crippen molar-refractivity contribution in [2.24, 2.45) is 0 Å². The number of anilines is 2.